The monoisotopic (exact) mass is 224 g/mol. The largest absolute Gasteiger partial charge is 0.326 e. The van der Waals surface area contributed by atoms with Gasteiger partial charge in [0.2, 0.25) is 0 Å². The van der Waals surface area contributed by atoms with Crippen molar-refractivity contribution in [2.24, 2.45) is 5.73 Å². The van der Waals surface area contributed by atoms with E-state index in [2.05, 4.69) is 14.3 Å². The van der Waals surface area contributed by atoms with Crippen LogP contribution < -0.4 is 5.73 Å². The molecule has 2 aromatic rings. The lowest BCUT2D eigenvalue weighted by atomic mass is 10.3. The van der Waals surface area contributed by atoms with Gasteiger partial charge in [0.1, 0.15) is 11.4 Å². The number of nitrogens with zero attached hydrogens (tertiary/aromatic N) is 3. The quantitative estimate of drug-likeness (QED) is 0.856. The minimum atomic E-state index is 0.495. The molecule has 2 rings (SSSR count). The SMILES string of the molecule is NCc1cccnc1Sc1ncns1. The molecule has 0 aliphatic carbocycles. The summed E-state index contributed by atoms with van der Waals surface area (Å²) < 4.78 is 4.81. The molecule has 0 unspecified atom stereocenters. The first-order chi connectivity index (χ1) is 6.90. The summed E-state index contributed by atoms with van der Waals surface area (Å²) in [6.07, 6.45) is 3.29. The summed E-state index contributed by atoms with van der Waals surface area (Å²) in [5, 5.41) is 0.909. The van der Waals surface area contributed by atoms with Crippen LogP contribution in [0.3, 0.4) is 0 Å². The van der Waals surface area contributed by atoms with Crippen LogP contribution >= 0.6 is 23.3 Å². The number of pyridine rings is 1. The van der Waals surface area contributed by atoms with Crippen LogP contribution in [0.4, 0.5) is 0 Å². The van der Waals surface area contributed by atoms with Crippen LogP contribution in [-0.4, -0.2) is 14.3 Å². The van der Waals surface area contributed by atoms with Crippen molar-refractivity contribution in [1.82, 2.24) is 14.3 Å². The molecule has 6 heteroatoms. The van der Waals surface area contributed by atoms with E-state index in [-0.39, 0.29) is 0 Å². The number of aromatic nitrogens is 3. The second kappa shape index (κ2) is 4.50. The molecule has 0 bridgehead atoms. The number of hydrogen-bond donors (Lipinski definition) is 1. The maximum absolute atomic E-state index is 5.59. The summed E-state index contributed by atoms with van der Waals surface area (Å²) in [5.74, 6) is 0. The Morgan fingerprint density at radius 2 is 2.36 bits per heavy atom. The van der Waals surface area contributed by atoms with Crippen molar-refractivity contribution in [2.75, 3.05) is 0 Å². The van der Waals surface area contributed by atoms with E-state index in [1.54, 1.807) is 6.20 Å². The molecule has 14 heavy (non-hydrogen) atoms. The maximum atomic E-state index is 5.59. The van der Waals surface area contributed by atoms with Crippen LogP contribution in [0.15, 0.2) is 34.0 Å². The Morgan fingerprint density at radius 3 is 3.07 bits per heavy atom. The highest BCUT2D eigenvalue weighted by atomic mass is 32.2. The summed E-state index contributed by atoms with van der Waals surface area (Å²) in [7, 11) is 0. The molecule has 0 spiro atoms. The van der Waals surface area contributed by atoms with E-state index >= 15 is 0 Å². The van der Waals surface area contributed by atoms with Crippen LogP contribution in [0.25, 0.3) is 0 Å². The van der Waals surface area contributed by atoms with Gasteiger partial charge in [-0.3, -0.25) is 0 Å². The summed E-state index contributed by atoms with van der Waals surface area (Å²) in [5.41, 5.74) is 6.63. The fraction of sp³-hybridized carbons (Fsp3) is 0.125. The minimum Gasteiger partial charge on any atom is -0.326 e. The second-order valence-electron chi connectivity index (χ2n) is 2.48. The zero-order chi connectivity index (χ0) is 9.80. The highest BCUT2D eigenvalue weighted by Crippen LogP contribution is 2.28. The Bertz CT molecular complexity index is 401. The number of rotatable bonds is 3. The molecule has 4 nitrogen and oxygen atoms in total. The first kappa shape index (κ1) is 9.57. The minimum absolute atomic E-state index is 0.495. The third-order valence-electron chi connectivity index (χ3n) is 1.59. The third kappa shape index (κ3) is 2.09. The predicted octanol–water partition coefficient (Wildman–Crippen LogP) is 1.54. The topological polar surface area (TPSA) is 64.7 Å². The Labute approximate surface area is 89.8 Å². The van der Waals surface area contributed by atoms with E-state index in [1.165, 1.54) is 29.6 Å². The van der Waals surface area contributed by atoms with Crippen LogP contribution in [0.5, 0.6) is 0 Å². The predicted molar refractivity (Wildman–Crippen MR) is 56.2 cm³/mol. The molecule has 0 saturated carbocycles. The van der Waals surface area contributed by atoms with Crippen molar-refractivity contribution in [1.29, 1.82) is 0 Å². The van der Waals surface area contributed by atoms with Gasteiger partial charge < -0.3 is 5.73 Å². The van der Waals surface area contributed by atoms with E-state index in [4.69, 9.17) is 5.73 Å². The van der Waals surface area contributed by atoms with E-state index in [9.17, 15) is 0 Å². The summed E-state index contributed by atoms with van der Waals surface area (Å²) >= 11 is 2.86. The summed E-state index contributed by atoms with van der Waals surface area (Å²) in [4.78, 5) is 8.32. The van der Waals surface area contributed by atoms with E-state index in [1.807, 2.05) is 12.1 Å². The van der Waals surface area contributed by atoms with Crippen LogP contribution in [0, 0.1) is 0 Å². The van der Waals surface area contributed by atoms with Crippen molar-refractivity contribution < 1.29 is 0 Å². The zero-order valence-corrected chi connectivity index (χ0v) is 8.88. The van der Waals surface area contributed by atoms with Gasteiger partial charge in [0, 0.05) is 12.7 Å². The molecule has 0 aliphatic rings. The van der Waals surface area contributed by atoms with Crippen molar-refractivity contribution >= 4 is 23.3 Å². The number of hydrogen-bond acceptors (Lipinski definition) is 6. The van der Waals surface area contributed by atoms with E-state index in [0.717, 1.165) is 14.9 Å². The van der Waals surface area contributed by atoms with E-state index < -0.39 is 0 Å². The standard InChI is InChI=1S/C8H8N4S2/c9-4-6-2-1-3-10-7(6)13-8-11-5-12-14-8/h1-3,5H,4,9H2. The molecule has 2 aromatic heterocycles. The molecule has 2 heterocycles. The lowest BCUT2D eigenvalue weighted by Gasteiger charge is -2.02. The van der Waals surface area contributed by atoms with Gasteiger partial charge in [-0.1, -0.05) is 6.07 Å². The Kier molecular flexibility index (Phi) is 3.07. The van der Waals surface area contributed by atoms with Gasteiger partial charge in [-0.25, -0.2) is 9.97 Å². The van der Waals surface area contributed by atoms with Crippen molar-refractivity contribution in [2.45, 2.75) is 15.9 Å². The Balaban J connectivity index is 2.24. The molecule has 0 fully saturated rings. The highest BCUT2D eigenvalue weighted by molar-refractivity contribution is 8.00. The van der Waals surface area contributed by atoms with Crippen molar-refractivity contribution in [3.05, 3.63) is 30.2 Å². The van der Waals surface area contributed by atoms with Gasteiger partial charge in [-0.2, -0.15) is 4.37 Å². The second-order valence-corrected chi connectivity index (χ2v) is 4.50. The van der Waals surface area contributed by atoms with Gasteiger partial charge in [0.15, 0.2) is 4.34 Å². The lowest BCUT2D eigenvalue weighted by Crippen LogP contribution is -1.99. The Morgan fingerprint density at radius 1 is 1.43 bits per heavy atom. The summed E-state index contributed by atoms with van der Waals surface area (Å²) in [6, 6.07) is 3.85. The van der Waals surface area contributed by atoms with Gasteiger partial charge in [0.25, 0.3) is 0 Å². The molecule has 2 N–H and O–H groups in total. The van der Waals surface area contributed by atoms with Crippen molar-refractivity contribution in [3.63, 3.8) is 0 Å². The zero-order valence-electron chi connectivity index (χ0n) is 7.25. The summed E-state index contributed by atoms with van der Waals surface area (Å²) in [6.45, 7) is 0.495. The highest BCUT2D eigenvalue weighted by Gasteiger charge is 2.05. The average Bonchev–Trinajstić information content (AvgIpc) is 2.71. The van der Waals surface area contributed by atoms with Crippen LogP contribution in [-0.2, 0) is 6.54 Å². The van der Waals surface area contributed by atoms with Crippen LogP contribution in [0.1, 0.15) is 5.56 Å². The first-order valence-corrected chi connectivity index (χ1v) is 5.57. The van der Waals surface area contributed by atoms with E-state index in [0.29, 0.717) is 6.54 Å². The van der Waals surface area contributed by atoms with Gasteiger partial charge >= 0.3 is 0 Å². The molecule has 0 atom stereocenters. The fourth-order valence-electron chi connectivity index (χ4n) is 0.962. The lowest BCUT2D eigenvalue weighted by molar-refractivity contribution is 0.962. The number of nitrogens with two attached hydrogens (primary N) is 1. The fourth-order valence-corrected chi connectivity index (χ4v) is 2.42. The Hall–Kier alpha value is -0.980. The third-order valence-corrected chi connectivity index (χ3v) is 3.37. The average molecular weight is 224 g/mol. The molecule has 0 radical (unpaired) electrons. The van der Waals surface area contributed by atoms with Gasteiger partial charge in [0.05, 0.1) is 0 Å². The molecule has 0 amide bonds. The smallest absolute Gasteiger partial charge is 0.176 e. The van der Waals surface area contributed by atoms with Crippen molar-refractivity contribution in [3.8, 4) is 0 Å². The molecule has 72 valence electrons. The molecule has 0 saturated heterocycles. The van der Waals surface area contributed by atoms with Crippen LogP contribution in [0.2, 0.25) is 0 Å². The maximum Gasteiger partial charge on any atom is 0.176 e. The first-order valence-electron chi connectivity index (χ1n) is 3.98. The normalized spacial score (nSPS) is 10.4. The van der Waals surface area contributed by atoms with Gasteiger partial charge in [-0.15, -0.1) is 0 Å². The van der Waals surface area contributed by atoms with Gasteiger partial charge in [-0.05, 0) is 34.9 Å². The molecular weight excluding hydrogens is 216 g/mol. The molecule has 0 aromatic carbocycles. The molecule has 0 aliphatic heterocycles. The molecular formula is C8H8N4S2.